The quantitative estimate of drug-likeness (QED) is 0.593. The number of hydrogen-bond donors (Lipinski definition) is 1. The first-order valence-electron chi connectivity index (χ1n) is 8.88. The molecule has 4 aromatic rings. The highest BCUT2D eigenvalue weighted by molar-refractivity contribution is 5.97. The topological polar surface area (TPSA) is 77.6 Å². The van der Waals surface area contributed by atoms with E-state index in [2.05, 4.69) is 20.6 Å². The number of fused-ring (bicyclic) bond motifs is 1. The van der Waals surface area contributed by atoms with Crippen molar-refractivity contribution in [3.63, 3.8) is 0 Å². The number of aromatic nitrogens is 5. The van der Waals surface area contributed by atoms with Crippen LogP contribution >= 0.6 is 0 Å². The molecule has 0 aliphatic heterocycles. The predicted molar refractivity (Wildman–Crippen MR) is 103 cm³/mol. The van der Waals surface area contributed by atoms with Crippen LogP contribution in [0.5, 0.6) is 0 Å². The lowest BCUT2D eigenvalue weighted by Gasteiger charge is -2.15. The van der Waals surface area contributed by atoms with E-state index < -0.39 is 0 Å². The van der Waals surface area contributed by atoms with Gasteiger partial charge in [-0.2, -0.15) is 0 Å². The molecule has 7 nitrogen and oxygen atoms in total. The lowest BCUT2D eigenvalue weighted by atomic mass is 10.1. The van der Waals surface area contributed by atoms with Gasteiger partial charge in [0.1, 0.15) is 5.52 Å². The lowest BCUT2D eigenvalue weighted by Crippen LogP contribution is -2.26. The average molecular weight is 360 g/mol. The zero-order chi connectivity index (χ0) is 18.8. The van der Waals surface area contributed by atoms with Crippen molar-refractivity contribution < 1.29 is 4.79 Å². The highest BCUT2D eigenvalue weighted by atomic mass is 16.1. The molecule has 7 heteroatoms. The summed E-state index contributed by atoms with van der Waals surface area (Å²) in [5.41, 5.74) is 4.29. The molecular weight excluding hydrogens is 340 g/mol. The van der Waals surface area contributed by atoms with Crippen molar-refractivity contribution in [2.45, 2.75) is 26.4 Å². The van der Waals surface area contributed by atoms with Gasteiger partial charge >= 0.3 is 0 Å². The van der Waals surface area contributed by atoms with Crippen molar-refractivity contribution in [3.05, 3.63) is 72.3 Å². The molecule has 0 saturated carbocycles. The number of carbonyl (C=O) groups excluding carboxylic acids is 1. The number of aryl methyl sites for hydroxylation is 1. The van der Waals surface area contributed by atoms with Gasteiger partial charge in [0.2, 0.25) is 0 Å². The summed E-state index contributed by atoms with van der Waals surface area (Å²) in [6.07, 6.45) is 5.39. The molecule has 0 aliphatic carbocycles. The molecule has 0 bridgehead atoms. The van der Waals surface area contributed by atoms with E-state index in [9.17, 15) is 4.79 Å². The Kier molecular flexibility index (Phi) is 4.42. The standard InChI is InChI=1S/C20H20N6O/c1-3-26-19-9-6-16(12-18(19)23-24-26)20(27)22-14(2)15-4-7-17(8-5-15)25-11-10-21-13-25/h4-14H,3H2,1-2H3,(H,22,27)/t14-/m0/s1. The Bertz CT molecular complexity index is 1070. The molecule has 0 radical (unpaired) electrons. The van der Waals surface area contributed by atoms with Crippen LogP contribution in [0.1, 0.15) is 35.8 Å². The highest BCUT2D eigenvalue weighted by Crippen LogP contribution is 2.18. The molecule has 27 heavy (non-hydrogen) atoms. The second-order valence-electron chi connectivity index (χ2n) is 6.37. The van der Waals surface area contributed by atoms with Crippen molar-refractivity contribution in [1.29, 1.82) is 0 Å². The van der Waals surface area contributed by atoms with Crippen LogP contribution in [0.25, 0.3) is 16.7 Å². The molecule has 0 fully saturated rings. The molecule has 4 rings (SSSR count). The van der Waals surface area contributed by atoms with Crippen LogP contribution in [0, 0.1) is 0 Å². The smallest absolute Gasteiger partial charge is 0.251 e. The van der Waals surface area contributed by atoms with E-state index in [-0.39, 0.29) is 11.9 Å². The fraction of sp³-hybridized carbons (Fsp3) is 0.200. The third-order valence-electron chi connectivity index (χ3n) is 4.62. The molecule has 0 spiro atoms. The number of hydrogen-bond acceptors (Lipinski definition) is 4. The Balaban J connectivity index is 1.48. The number of rotatable bonds is 5. The summed E-state index contributed by atoms with van der Waals surface area (Å²) in [5, 5.41) is 11.2. The van der Waals surface area contributed by atoms with E-state index in [0.29, 0.717) is 5.56 Å². The summed E-state index contributed by atoms with van der Waals surface area (Å²) in [7, 11) is 0. The van der Waals surface area contributed by atoms with E-state index in [1.165, 1.54) is 0 Å². The molecule has 1 atom stereocenters. The van der Waals surface area contributed by atoms with Crippen LogP contribution < -0.4 is 5.32 Å². The number of carbonyl (C=O) groups is 1. The second kappa shape index (κ2) is 7.03. The zero-order valence-electron chi connectivity index (χ0n) is 15.2. The third-order valence-corrected chi connectivity index (χ3v) is 4.62. The monoisotopic (exact) mass is 360 g/mol. The predicted octanol–water partition coefficient (Wildman–Crippen LogP) is 3.13. The van der Waals surface area contributed by atoms with Gasteiger partial charge < -0.3 is 9.88 Å². The minimum Gasteiger partial charge on any atom is -0.346 e. The molecule has 1 amide bonds. The zero-order valence-corrected chi connectivity index (χ0v) is 15.2. The summed E-state index contributed by atoms with van der Waals surface area (Å²) in [5.74, 6) is -0.130. The van der Waals surface area contributed by atoms with Gasteiger partial charge in [0.15, 0.2) is 0 Å². The molecule has 136 valence electrons. The summed E-state index contributed by atoms with van der Waals surface area (Å²) < 4.78 is 3.74. The van der Waals surface area contributed by atoms with Gasteiger partial charge in [-0.05, 0) is 49.7 Å². The first-order valence-corrected chi connectivity index (χ1v) is 8.88. The third kappa shape index (κ3) is 3.31. The van der Waals surface area contributed by atoms with E-state index >= 15 is 0 Å². The van der Waals surface area contributed by atoms with Gasteiger partial charge in [-0.15, -0.1) is 5.10 Å². The normalized spacial score (nSPS) is 12.2. The molecule has 0 unspecified atom stereocenters. The molecule has 1 N–H and O–H groups in total. The summed E-state index contributed by atoms with van der Waals surface area (Å²) in [6.45, 7) is 4.72. The van der Waals surface area contributed by atoms with Gasteiger partial charge in [0.25, 0.3) is 5.91 Å². The van der Waals surface area contributed by atoms with E-state index in [1.54, 1.807) is 18.6 Å². The molecular formula is C20H20N6O. The molecule has 2 aromatic heterocycles. The fourth-order valence-electron chi connectivity index (χ4n) is 3.06. The Morgan fingerprint density at radius 1 is 1.19 bits per heavy atom. The Morgan fingerprint density at radius 3 is 2.70 bits per heavy atom. The summed E-state index contributed by atoms with van der Waals surface area (Å²) >= 11 is 0. The molecule has 2 aromatic carbocycles. The molecule has 0 saturated heterocycles. The van der Waals surface area contributed by atoms with Gasteiger partial charge in [0, 0.05) is 30.2 Å². The Hall–Kier alpha value is -3.48. The number of amides is 1. The van der Waals surface area contributed by atoms with E-state index in [0.717, 1.165) is 28.8 Å². The number of imidazole rings is 1. The highest BCUT2D eigenvalue weighted by Gasteiger charge is 2.13. The van der Waals surface area contributed by atoms with Gasteiger partial charge in [-0.25, -0.2) is 9.67 Å². The number of nitrogens with zero attached hydrogens (tertiary/aromatic N) is 5. The van der Waals surface area contributed by atoms with Crippen molar-refractivity contribution in [2.24, 2.45) is 0 Å². The van der Waals surface area contributed by atoms with Gasteiger partial charge in [-0.1, -0.05) is 17.3 Å². The van der Waals surface area contributed by atoms with E-state index in [4.69, 9.17) is 0 Å². The van der Waals surface area contributed by atoms with Crippen molar-refractivity contribution >= 4 is 16.9 Å². The summed E-state index contributed by atoms with van der Waals surface area (Å²) in [4.78, 5) is 16.7. The van der Waals surface area contributed by atoms with Crippen molar-refractivity contribution in [2.75, 3.05) is 0 Å². The lowest BCUT2D eigenvalue weighted by molar-refractivity contribution is 0.0940. The first kappa shape index (κ1) is 17.0. The minimum atomic E-state index is -0.130. The Morgan fingerprint density at radius 2 is 2.00 bits per heavy atom. The van der Waals surface area contributed by atoms with Crippen LogP contribution in [0.15, 0.2) is 61.2 Å². The second-order valence-corrected chi connectivity index (χ2v) is 6.37. The maximum absolute atomic E-state index is 12.6. The van der Waals surface area contributed by atoms with Gasteiger partial charge in [0.05, 0.1) is 17.9 Å². The Labute approximate surface area is 156 Å². The summed E-state index contributed by atoms with van der Waals surface area (Å²) in [6, 6.07) is 13.4. The minimum absolute atomic E-state index is 0.114. The van der Waals surface area contributed by atoms with Crippen molar-refractivity contribution in [3.8, 4) is 5.69 Å². The maximum atomic E-state index is 12.6. The van der Waals surface area contributed by atoms with Crippen LogP contribution in [0.2, 0.25) is 0 Å². The average Bonchev–Trinajstić information content (AvgIpc) is 3.37. The number of benzene rings is 2. The van der Waals surface area contributed by atoms with Crippen LogP contribution in [-0.2, 0) is 6.54 Å². The largest absolute Gasteiger partial charge is 0.346 e. The van der Waals surface area contributed by atoms with Gasteiger partial charge in [-0.3, -0.25) is 4.79 Å². The van der Waals surface area contributed by atoms with Crippen LogP contribution in [0.4, 0.5) is 0 Å². The van der Waals surface area contributed by atoms with Crippen LogP contribution in [0.3, 0.4) is 0 Å². The van der Waals surface area contributed by atoms with E-state index in [1.807, 2.05) is 65.7 Å². The number of nitrogens with one attached hydrogen (secondary N) is 1. The van der Waals surface area contributed by atoms with Crippen LogP contribution in [-0.4, -0.2) is 30.5 Å². The first-order chi connectivity index (χ1) is 13.2. The van der Waals surface area contributed by atoms with Crippen molar-refractivity contribution in [1.82, 2.24) is 29.9 Å². The molecule has 0 aliphatic rings. The maximum Gasteiger partial charge on any atom is 0.251 e. The SMILES string of the molecule is CCn1nnc2cc(C(=O)N[C@@H](C)c3ccc(-n4ccnc4)cc3)ccc21. The molecule has 2 heterocycles. The fourth-order valence-corrected chi connectivity index (χ4v) is 3.06.